The van der Waals surface area contributed by atoms with Gasteiger partial charge in [-0.25, -0.2) is 4.99 Å². The third-order valence-corrected chi connectivity index (χ3v) is 4.31. The number of methoxy groups -OCH3 is 1. The smallest absolute Gasteiger partial charge is 0.242 e. The normalized spacial score (nSPS) is 17.3. The summed E-state index contributed by atoms with van der Waals surface area (Å²) in [5.74, 6) is 2.25. The molecule has 1 aliphatic heterocycles. The molecule has 1 fully saturated rings. The van der Waals surface area contributed by atoms with Crippen molar-refractivity contribution in [3.8, 4) is 5.75 Å². The van der Waals surface area contributed by atoms with Crippen molar-refractivity contribution in [1.82, 2.24) is 15.5 Å². The summed E-state index contributed by atoms with van der Waals surface area (Å²) >= 11 is 0. The number of hydrogen-bond donors (Lipinski definition) is 2. The van der Waals surface area contributed by atoms with E-state index in [4.69, 9.17) is 4.74 Å². The molecule has 1 aromatic carbocycles. The van der Waals surface area contributed by atoms with Crippen LogP contribution in [0.5, 0.6) is 5.75 Å². The van der Waals surface area contributed by atoms with Crippen LogP contribution in [0.25, 0.3) is 0 Å². The SMILES string of the molecule is CCNC(=NCC(=O)NCc1ccc(OC)cc1)N1CCCC(C)C1.I. The van der Waals surface area contributed by atoms with Crippen LogP contribution < -0.4 is 15.4 Å². The van der Waals surface area contributed by atoms with Gasteiger partial charge in [-0.1, -0.05) is 19.1 Å². The number of nitrogens with one attached hydrogen (secondary N) is 2. The number of guanidine groups is 1. The van der Waals surface area contributed by atoms with Crippen molar-refractivity contribution in [2.45, 2.75) is 33.2 Å². The zero-order valence-electron chi connectivity index (χ0n) is 16.0. The Kier molecular flexibility index (Phi) is 10.4. The molecule has 0 aliphatic carbocycles. The fraction of sp³-hybridized carbons (Fsp3) is 0.579. The fourth-order valence-corrected chi connectivity index (χ4v) is 2.95. The van der Waals surface area contributed by atoms with Gasteiger partial charge in [-0.05, 0) is 43.4 Å². The molecule has 7 heteroatoms. The summed E-state index contributed by atoms with van der Waals surface area (Å²) < 4.78 is 5.13. The number of nitrogens with zero attached hydrogens (tertiary/aromatic N) is 2. The van der Waals surface area contributed by atoms with Gasteiger partial charge in [0.2, 0.25) is 5.91 Å². The molecule has 0 aromatic heterocycles. The van der Waals surface area contributed by atoms with Crippen molar-refractivity contribution in [1.29, 1.82) is 0 Å². The third kappa shape index (κ3) is 7.39. The average molecular weight is 474 g/mol. The molecule has 146 valence electrons. The zero-order valence-corrected chi connectivity index (χ0v) is 18.3. The maximum Gasteiger partial charge on any atom is 0.242 e. The highest BCUT2D eigenvalue weighted by molar-refractivity contribution is 14.0. The van der Waals surface area contributed by atoms with E-state index in [9.17, 15) is 4.79 Å². The highest BCUT2D eigenvalue weighted by Crippen LogP contribution is 2.15. The van der Waals surface area contributed by atoms with Crippen molar-refractivity contribution >= 4 is 35.8 Å². The summed E-state index contributed by atoms with van der Waals surface area (Å²) in [5, 5.41) is 6.21. The second-order valence-electron chi connectivity index (χ2n) is 6.49. The second-order valence-corrected chi connectivity index (χ2v) is 6.49. The molecule has 1 aromatic rings. The number of benzene rings is 1. The zero-order chi connectivity index (χ0) is 18.1. The number of piperidine rings is 1. The molecule has 1 amide bonds. The Hall–Kier alpha value is -1.51. The van der Waals surface area contributed by atoms with Crippen LogP contribution >= 0.6 is 24.0 Å². The van der Waals surface area contributed by atoms with E-state index in [0.29, 0.717) is 12.5 Å². The molecule has 1 aliphatic rings. The topological polar surface area (TPSA) is 66.0 Å². The van der Waals surface area contributed by atoms with Crippen LogP contribution in [0.15, 0.2) is 29.3 Å². The Morgan fingerprint density at radius 2 is 2.04 bits per heavy atom. The molecular formula is C19H31IN4O2. The summed E-state index contributed by atoms with van der Waals surface area (Å²) in [5.41, 5.74) is 1.04. The maximum absolute atomic E-state index is 12.1. The van der Waals surface area contributed by atoms with Crippen LogP contribution in [0.1, 0.15) is 32.3 Å². The van der Waals surface area contributed by atoms with E-state index < -0.39 is 0 Å². The minimum atomic E-state index is -0.0729. The van der Waals surface area contributed by atoms with Crippen LogP contribution in [0.2, 0.25) is 0 Å². The summed E-state index contributed by atoms with van der Waals surface area (Å²) in [7, 11) is 1.64. The Balaban J connectivity index is 0.00000338. The van der Waals surface area contributed by atoms with E-state index in [-0.39, 0.29) is 36.4 Å². The molecule has 1 saturated heterocycles. The van der Waals surface area contributed by atoms with E-state index in [2.05, 4.69) is 27.4 Å². The number of carbonyl (C=O) groups excluding carboxylic acids is 1. The molecule has 1 atom stereocenters. The number of halogens is 1. The van der Waals surface area contributed by atoms with Crippen molar-refractivity contribution in [3.05, 3.63) is 29.8 Å². The molecule has 0 radical (unpaired) electrons. The summed E-state index contributed by atoms with van der Waals surface area (Å²) in [6, 6.07) is 7.67. The van der Waals surface area contributed by atoms with Gasteiger partial charge in [0, 0.05) is 26.2 Å². The lowest BCUT2D eigenvalue weighted by molar-refractivity contribution is -0.119. The lowest BCUT2D eigenvalue weighted by atomic mass is 10.0. The molecule has 0 spiro atoms. The van der Waals surface area contributed by atoms with Gasteiger partial charge in [-0.3, -0.25) is 4.79 Å². The fourth-order valence-electron chi connectivity index (χ4n) is 2.95. The first kappa shape index (κ1) is 22.5. The van der Waals surface area contributed by atoms with Gasteiger partial charge >= 0.3 is 0 Å². The van der Waals surface area contributed by atoms with Crippen LogP contribution in [0.3, 0.4) is 0 Å². The van der Waals surface area contributed by atoms with Crippen LogP contribution in [0, 0.1) is 5.92 Å². The van der Waals surface area contributed by atoms with E-state index in [1.807, 2.05) is 31.2 Å². The number of likely N-dealkylation sites (tertiary alicyclic amines) is 1. The Bertz CT molecular complexity index is 577. The van der Waals surface area contributed by atoms with Gasteiger partial charge in [0.1, 0.15) is 12.3 Å². The second kappa shape index (κ2) is 12.0. The molecule has 1 heterocycles. The Labute approximate surface area is 173 Å². The lowest BCUT2D eigenvalue weighted by Gasteiger charge is -2.33. The van der Waals surface area contributed by atoms with Gasteiger partial charge < -0.3 is 20.3 Å². The van der Waals surface area contributed by atoms with E-state index >= 15 is 0 Å². The maximum atomic E-state index is 12.1. The molecular weight excluding hydrogens is 443 g/mol. The van der Waals surface area contributed by atoms with E-state index in [1.54, 1.807) is 7.11 Å². The summed E-state index contributed by atoms with van der Waals surface area (Å²) in [6.45, 7) is 7.75. The van der Waals surface area contributed by atoms with Crippen molar-refractivity contribution < 1.29 is 9.53 Å². The Morgan fingerprint density at radius 3 is 2.65 bits per heavy atom. The predicted octanol–water partition coefficient (Wildman–Crippen LogP) is 2.63. The Morgan fingerprint density at radius 1 is 1.31 bits per heavy atom. The van der Waals surface area contributed by atoms with Crippen LogP contribution in [-0.4, -0.2) is 50.1 Å². The standard InChI is InChI=1S/C19H30N4O2.HI/c1-4-20-19(23-11-5-6-15(2)14-23)22-13-18(24)21-12-16-7-9-17(25-3)10-8-16;/h7-10,15H,4-6,11-14H2,1-3H3,(H,20,22)(H,21,24);1H. The molecule has 0 bridgehead atoms. The highest BCUT2D eigenvalue weighted by Gasteiger charge is 2.19. The quantitative estimate of drug-likeness (QED) is 0.378. The number of rotatable bonds is 6. The minimum absolute atomic E-state index is 0. The number of carbonyl (C=O) groups is 1. The first-order valence-corrected chi connectivity index (χ1v) is 9.05. The predicted molar refractivity (Wildman–Crippen MR) is 116 cm³/mol. The van der Waals surface area contributed by atoms with E-state index in [0.717, 1.165) is 36.9 Å². The van der Waals surface area contributed by atoms with Gasteiger partial charge in [-0.15, -0.1) is 24.0 Å². The van der Waals surface area contributed by atoms with Gasteiger partial charge in [0.05, 0.1) is 7.11 Å². The molecule has 2 rings (SSSR count). The molecule has 2 N–H and O–H groups in total. The van der Waals surface area contributed by atoms with E-state index in [1.165, 1.54) is 12.8 Å². The number of amides is 1. The monoisotopic (exact) mass is 474 g/mol. The van der Waals surface area contributed by atoms with Gasteiger partial charge in [0.15, 0.2) is 5.96 Å². The van der Waals surface area contributed by atoms with Crippen molar-refractivity contribution in [2.75, 3.05) is 33.3 Å². The number of ether oxygens (including phenoxy) is 1. The molecule has 0 saturated carbocycles. The first-order valence-electron chi connectivity index (χ1n) is 9.05. The summed E-state index contributed by atoms with van der Waals surface area (Å²) in [4.78, 5) is 18.9. The average Bonchev–Trinajstić information content (AvgIpc) is 2.63. The van der Waals surface area contributed by atoms with Crippen molar-refractivity contribution in [3.63, 3.8) is 0 Å². The molecule has 6 nitrogen and oxygen atoms in total. The van der Waals surface area contributed by atoms with Gasteiger partial charge in [0.25, 0.3) is 0 Å². The molecule has 1 unspecified atom stereocenters. The largest absolute Gasteiger partial charge is 0.497 e. The summed E-state index contributed by atoms with van der Waals surface area (Å²) in [6.07, 6.45) is 2.44. The number of hydrogen-bond acceptors (Lipinski definition) is 3. The molecule has 26 heavy (non-hydrogen) atoms. The van der Waals surface area contributed by atoms with Crippen molar-refractivity contribution in [2.24, 2.45) is 10.9 Å². The third-order valence-electron chi connectivity index (χ3n) is 4.31. The highest BCUT2D eigenvalue weighted by atomic mass is 127. The van der Waals surface area contributed by atoms with Crippen LogP contribution in [-0.2, 0) is 11.3 Å². The minimum Gasteiger partial charge on any atom is -0.497 e. The van der Waals surface area contributed by atoms with Crippen LogP contribution in [0.4, 0.5) is 0 Å². The van der Waals surface area contributed by atoms with Gasteiger partial charge in [-0.2, -0.15) is 0 Å². The first-order chi connectivity index (χ1) is 12.1. The number of aliphatic imine (C=N–C) groups is 1. The lowest BCUT2D eigenvalue weighted by Crippen LogP contribution is -2.46.